The molecule has 0 unspecified atom stereocenters. The number of aliphatic hydroxyl groups is 1. The topological polar surface area (TPSA) is 92.7 Å². The Labute approximate surface area is 148 Å². The van der Waals surface area contributed by atoms with Crippen molar-refractivity contribution < 1.29 is 19.4 Å². The van der Waals surface area contributed by atoms with Gasteiger partial charge >= 0.3 is 0 Å². The van der Waals surface area contributed by atoms with Gasteiger partial charge in [-0.15, -0.1) is 0 Å². The first-order chi connectivity index (χ1) is 12.2. The number of carbonyl (C=O) groups excluding carboxylic acids is 1. The summed E-state index contributed by atoms with van der Waals surface area (Å²) in [5.74, 6) is 0.0210. The number of nitrogens with zero attached hydrogens (tertiary/aromatic N) is 1. The number of aromatic nitrogens is 1. The first kappa shape index (κ1) is 18.3. The number of amides is 1. The van der Waals surface area contributed by atoms with Crippen LogP contribution in [-0.4, -0.2) is 66.7 Å². The van der Waals surface area contributed by atoms with Gasteiger partial charge in [-0.05, 0) is 37.0 Å². The summed E-state index contributed by atoms with van der Waals surface area (Å²) in [5.41, 5.74) is 1.16. The van der Waals surface area contributed by atoms with Crippen LogP contribution in [0.25, 0.3) is 0 Å². The highest BCUT2D eigenvalue weighted by molar-refractivity contribution is 5.76. The van der Waals surface area contributed by atoms with Crippen molar-refractivity contribution in [2.75, 3.05) is 26.3 Å². The van der Waals surface area contributed by atoms with E-state index in [1.54, 1.807) is 12.4 Å². The van der Waals surface area contributed by atoms with Gasteiger partial charge in [0.15, 0.2) is 0 Å². The van der Waals surface area contributed by atoms with Gasteiger partial charge in [-0.25, -0.2) is 0 Å². The molecule has 7 nitrogen and oxygen atoms in total. The van der Waals surface area contributed by atoms with Crippen LogP contribution in [0.15, 0.2) is 24.5 Å². The minimum atomic E-state index is -0.468. The van der Waals surface area contributed by atoms with Crippen molar-refractivity contribution >= 4 is 5.91 Å². The normalized spacial score (nSPS) is 30.0. The number of pyridine rings is 1. The summed E-state index contributed by atoms with van der Waals surface area (Å²) in [6, 6.07) is 4.09. The number of rotatable bonds is 5. The first-order valence-electron chi connectivity index (χ1n) is 9.01. The van der Waals surface area contributed by atoms with Gasteiger partial charge < -0.3 is 25.2 Å². The molecule has 2 aliphatic heterocycles. The molecule has 0 radical (unpaired) electrons. The Kier molecular flexibility index (Phi) is 6.75. The van der Waals surface area contributed by atoms with Crippen molar-refractivity contribution in [3.05, 3.63) is 30.1 Å². The predicted molar refractivity (Wildman–Crippen MR) is 92.1 cm³/mol. The first-order valence-corrected chi connectivity index (χ1v) is 9.01. The van der Waals surface area contributed by atoms with Crippen molar-refractivity contribution in [1.82, 2.24) is 15.6 Å². The Morgan fingerprint density at radius 2 is 2.16 bits per heavy atom. The highest BCUT2D eigenvalue weighted by atomic mass is 16.5. The minimum Gasteiger partial charge on any atom is -0.389 e. The van der Waals surface area contributed by atoms with E-state index in [1.807, 2.05) is 12.1 Å². The maximum absolute atomic E-state index is 12.1. The quantitative estimate of drug-likeness (QED) is 0.694. The molecule has 3 rings (SSSR count). The maximum Gasteiger partial charge on any atom is 0.222 e. The Bertz CT molecular complexity index is 542. The number of aliphatic hydroxyl groups excluding tert-OH is 1. The van der Waals surface area contributed by atoms with E-state index in [4.69, 9.17) is 9.47 Å². The van der Waals surface area contributed by atoms with Crippen LogP contribution in [0.5, 0.6) is 0 Å². The predicted octanol–water partition coefficient (Wildman–Crippen LogP) is 0.0273. The Morgan fingerprint density at radius 3 is 3.00 bits per heavy atom. The summed E-state index contributed by atoms with van der Waals surface area (Å²) in [7, 11) is 0. The van der Waals surface area contributed by atoms with E-state index in [2.05, 4.69) is 15.6 Å². The molecule has 0 aliphatic carbocycles. The van der Waals surface area contributed by atoms with Crippen molar-refractivity contribution in [1.29, 1.82) is 0 Å². The zero-order valence-electron chi connectivity index (χ0n) is 14.4. The highest BCUT2D eigenvalue weighted by Gasteiger charge is 2.33. The van der Waals surface area contributed by atoms with Crippen molar-refractivity contribution in [3.8, 4) is 0 Å². The lowest BCUT2D eigenvalue weighted by molar-refractivity contribution is -0.137. The highest BCUT2D eigenvalue weighted by Crippen LogP contribution is 2.23. The number of hydrogen-bond donors (Lipinski definition) is 3. The fourth-order valence-electron chi connectivity index (χ4n) is 3.34. The summed E-state index contributed by atoms with van der Waals surface area (Å²) < 4.78 is 11.6. The van der Waals surface area contributed by atoms with Crippen molar-refractivity contribution in [2.45, 2.75) is 50.0 Å². The van der Waals surface area contributed by atoms with Gasteiger partial charge in [-0.2, -0.15) is 0 Å². The van der Waals surface area contributed by atoms with Crippen LogP contribution < -0.4 is 10.6 Å². The number of hydrogen-bond acceptors (Lipinski definition) is 6. The minimum absolute atomic E-state index is 0.0210. The number of ether oxygens (including phenoxy) is 2. The standard InChI is InChI=1S/C18H27N3O4/c22-14-10-21-16-2-1-15(25-17(16)12-24-11-14)9-18(23)20-8-5-13-3-6-19-7-4-13/h3-4,6-7,14-17,21-22H,1-2,5,8-12H2,(H,20,23)/t14-,15+,16+,17-/m1/s1. The molecule has 2 fully saturated rings. The van der Waals surface area contributed by atoms with Crippen LogP contribution in [0.3, 0.4) is 0 Å². The molecule has 4 atom stereocenters. The zero-order chi connectivity index (χ0) is 17.5. The lowest BCUT2D eigenvalue weighted by Gasteiger charge is -2.38. The van der Waals surface area contributed by atoms with Crippen molar-refractivity contribution in [3.63, 3.8) is 0 Å². The number of fused-ring (bicyclic) bond motifs is 1. The van der Waals surface area contributed by atoms with Crippen LogP contribution in [0, 0.1) is 0 Å². The van der Waals surface area contributed by atoms with Gasteiger partial charge in [0.05, 0.1) is 37.9 Å². The molecule has 0 spiro atoms. The fraction of sp³-hybridized carbons (Fsp3) is 0.667. The smallest absolute Gasteiger partial charge is 0.222 e. The molecule has 2 saturated heterocycles. The lowest BCUT2D eigenvalue weighted by atomic mass is 9.96. The molecule has 3 N–H and O–H groups in total. The monoisotopic (exact) mass is 349 g/mol. The van der Waals surface area contributed by atoms with Crippen LogP contribution >= 0.6 is 0 Å². The molecule has 3 heterocycles. The maximum atomic E-state index is 12.1. The third-order valence-corrected chi connectivity index (χ3v) is 4.72. The Morgan fingerprint density at radius 1 is 1.32 bits per heavy atom. The Balaban J connectivity index is 1.39. The second-order valence-corrected chi connectivity index (χ2v) is 6.74. The fourth-order valence-corrected chi connectivity index (χ4v) is 3.34. The van der Waals surface area contributed by atoms with Gasteiger partial charge in [0.1, 0.15) is 0 Å². The largest absolute Gasteiger partial charge is 0.389 e. The molecular weight excluding hydrogens is 322 g/mol. The van der Waals surface area contributed by atoms with E-state index in [0.29, 0.717) is 32.7 Å². The lowest BCUT2D eigenvalue weighted by Crippen LogP contribution is -2.53. The Hall–Kier alpha value is -1.54. The van der Waals surface area contributed by atoms with E-state index in [1.165, 1.54) is 0 Å². The van der Waals surface area contributed by atoms with Crippen molar-refractivity contribution in [2.24, 2.45) is 0 Å². The second kappa shape index (κ2) is 9.24. The molecule has 1 aromatic heterocycles. The van der Waals surface area contributed by atoms with E-state index in [0.717, 1.165) is 24.8 Å². The van der Waals surface area contributed by atoms with E-state index >= 15 is 0 Å². The van der Waals surface area contributed by atoms with Gasteiger partial charge in [-0.1, -0.05) is 0 Å². The van der Waals surface area contributed by atoms with Gasteiger partial charge in [0, 0.05) is 31.5 Å². The summed E-state index contributed by atoms with van der Waals surface area (Å²) >= 11 is 0. The number of nitrogens with one attached hydrogen (secondary N) is 2. The van der Waals surface area contributed by atoms with Crippen LogP contribution in [-0.2, 0) is 20.7 Å². The second-order valence-electron chi connectivity index (χ2n) is 6.74. The molecule has 0 bridgehead atoms. The van der Waals surface area contributed by atoms with Gasteiger partial charge in [-0.3, -0.25) is 9.78 Å². The molecule has 1 amide bonds. The third-order valence-electron chi connectivity index (χ3n) is 4.72. The average molecular weight is 349 g/mol. The molecule has 0 aromatic carbocycles. The zero-order valence-corrected chi connectivity index (χ0v) is 14.4. The summed E-state index contributed by atoms with van der Waals surface area (Å²) in [4.78, 5) is 16.1. The summed E-state index contributed by atoms with van der Waals surface area (Å²) in [5, 5.41) is 16.0. The number of carbonyl (C=O) groups is 1. The van der Waals surface area contributed by atoms with E-state index in [9.17, 15) is 9.90 Å². The molecule has 2 aliphatic rings. The average Bonchev–Trinajstić information content (AvgIpc) is 2.60. The van der Waals surface area contributed by atoms with Crippen LogP contribution in [0.4, 0.5) is 0 Å². The molecular formula is C18H27N3O4. The third kappa shape index (κ3) is 5.74. The van der Waals surface area contributed by atoms with E-state index < -0.39 is 6.10 Å². The molecule has 25 heavy (non-hydrogen) atoms. The van der Waals surface area contributed by atoms with E-state index in [-0.39, 0.29) is 24.2 Å². The van der Waals surface area contributed by atoms with Gasteiger partial charge in [0.2, 0.25) is 5.91 Å². The molecule has 138 valence electrons. The number of β-amino-alcohol motifs (C(OH)–C–C–N with tert-alkyl or cyclic N) is 1. The summed E-state index contributed by atoms with van der Waals surface area (Å²) in [6.45, 7) is 1.91. The molecule has 1 aromatic rings. The van der Waals surface area contributed by atoms with Crippen LogP contribution in [0.2, 0.25) is 0 Å². The van der Waals surface area contributed by atoms with Gasteiger partial charge in [0.25, 0.3) is 0 Å². The SMILES string of the molecule is O=C(C[C@@H]1CC[C@@H]2NC[C@@H](O)COC[C@H]2O1)NCCc1ccncc1. The van der Waals surface area contributed by atoms with Crippen LogP contribution in [0.1, 0.15) is 24.8 Å². The summed E-state index contributed by atoms with van der Waals surface area (Å²) in [6.07, 6.45) is 5.85. The molecule has 7 heteroatoms. The molecule has 0 saturated carbocycles.